The van der Waals surface area contributed by atoms with Gasteiger partial charge in [0.05, 0.1) is 10.0 Å². The summed E-state index contributed by atoms with van der Waals surface area (Å²) in [6.45, 7) is 6.07. The van der Waals surface area contributed by atoms with E-state index in [1.54, 1.807) is 6.07 Å². The average molecular weight is 282 g/mol. The molecular formula is C11H15Cl3N2. The molecule has 1 heterocycles. The molecule has 0 aromatic carbocycles. The first-order chi connectivity index (χ1) is 7.60. The number of hydrogen-bond acceptors (Lipinski definition) is 2. The molecule has 16 heavy (non-hydrogen) atoms. The van der Waals surface area contributed by atoms with E-state index in [9.17, 15) is 0 Å². The normalized spacial score (nSPS) is 10.6. The fraction of sp³-hybridized carbons (Fsp3) is 0.545. The zero-order valence-corrected chi connectivity index (χ0v) is 11.7. The molecule has 0 saturated heterocycles. The Morgan fingerprint density at radius 2 is 1.62 bits per heavy atom. The van der Waals surface area contributed by atoms with Crippen molar-refractivity contribution in [2.24, 2.45) is 0 Å². The van der Waals surface area contributed by atoms with Gasteiger partial charge in [0, 0.05) is 13.1 Å². The maximum absolute atomic E-state index is 6.12. The minimum absolute atomic E-state index is 0.304. The molecule has 0 aliphatic carbocycles. The lowest BCUT2D eigenvalue weighted by atomic mass is 10.3. The predicted octanol–water partition coefficient (Wildman–Crippen LogP) is 4.67. The van der Waals surface area contributed by atoms with Crippen LogP contribution in [0.1, 0.15) is 26.7 Å². The monoisotopic (exact) mass is 280 g/mol. The molecule has 0 bridgehead atoms. The van der Waals surface area contributed by atoms with Crippen LogP contribution in [0.5, 0.6) is 0 Å². The molecule has 90 valence electrons. The van der Waals surface area contributed by atoms with E-state index in [-0.39, 0.29) is 0 Å². The Bertz CT molecular complexity index is 349. The number of aromatic nitrogens is 1. The molecular weight excluding hydrogens is 266 g/mol. The fourth-order valence-electron chi connectivity index (χ4n) is 1.52. The number of halogens is 3. The molecule has 0 radical (unpaired) electrons. The van der Waals surface area contributed by atoms with Crippen LogP contribution >= 0.6 is 34.8 Å². The Morgan fingerprint density at radius 1 is 1.06 bits per heavy atom. The van der Waals surface area contributed by atoms with Crippen molar-refractivity contribution in [1.29, 1.82) is 0 Å². The third-order valence-corrected chi connectivity index (χ3v) is 3.11. The zero-order chi connectivity index (χ0) is 12.1. The summed E-state index contributed by atoms with van der Waals surface area (Å²) in [6.07, 6.45) is 2.08. The van der Waals surface area contributed by atoms with Crippen molar-refractivity contribution < 1.29 is 0 Å². The van der Waals surface area contributed by atoms with Gasteiger partial charge in [-0.1, -0.05) is 48.7 Å². The van der Waals surface area contributed by atoms with Crippen LogP contribution in [0.4, 0.5) is 5.82 Å². The molecule has 0 fully saturated rings. The molecule has 0 N–H and O–H groups in total. The van der Waals surface area contributed by atoms with Crippen LogP contribution in [0, 0.1) is 0 Å². The molecule has 0 spiro atoms. The quantitative estimate of drug-likeness (QED) is 0.729. The van der Waals surface area contributed by atoms with Gasteiger partial charge < -0.3 is 4.90 Å². The molecule has 0 saturated carbocycles. The second-order valence-electron chi connectivity index (χ2n) is 3.55. The van der Waals surface area contributed by atoms with E-state index in [1.807, 2.05) is 0 Å². The average Bonchev–Trinajstić information content (AvgIpc) is 2.23. The summed E-state index contributed by atoms with van der Waals surface area (Å²) in [5.41, 5.74) is 0. The Labute approximate surface area is 112 Å². The van der Waals surface area contributed by atoms with E-state index >= 15 is 0 Å². The SMILES string of the molecule is CCCN(CCC)c1nc(Cl)c(Cl)cc1Cl. The summed E-state index contributed by atoms with van der Waals surface area (Å²) in [4.78, 5) is 6.37. The van der Waals surface area contributed by atoms with Crippen LogP contribution in [-0.4, -0.2) is 18.1 Å². The molecule has 1 aromatic rings. The summed E-state index contributed by atoms with van der Waals surface area (Å²) in [6, 6.07) is 1.64. The summed E-state index contributed by atoms with van der Waals surface area (Å²) in [7, 11) is 0. The number of nitrogens with zero attached hydrogens (tertiary/aromatic N) is 2. The van der Waals surface area contributed by atoms with E-state index in [1.165, 1.54) is 0 Å². The van der Waals surface area contributed by atoms with Gasteiger partial charge in [-0.3, -0.25) is 0 Å². The van der Waals surface area contributed by atoms with Gasteiger partial charge in [0.25, 0.3) is 0 Å². The first kappa shape index (κ1) is 13.9. The number of hydrogen-bond donors (Lipinski definition) is 0. The van der Waals surface area contributed by atoms with Gasteiger partial charge in [0.15, 0.2) is 0 Å². The highest BCUT2D eigenvalue weighted by molar-refractivity contribution is 6.42. The van der Waals surface area contributed by atoms with Crippen molar-refractivity contribution in [3.05, 3.63) is 21.3 Å². The number of anilines is 1. The molecule has 0 unspecified atom stereocenters. The van der Waals surface area contributed by atoms with Gasteiger partial charge in [-0.25, -0.2) is 4.98 Å². The third kappa shape index (κ3) is 3.41. The molecule has 0 amide bonds. The molecule has 2 nitrogen and oxygen atoms in total. The second-order valence-corrected chi connectivity index (χ2v) is 4.73. The Morgan fingerprint density at radius 3 is 2.12 bits per heavy atom. The van der Waals surface area contributed by atoms with Gasteiger partial charge in [0.2, 0.25) is 0 Å². The summed E-state index contributed by atoms with van der Waals surface area (Å²) in [5.74, 6) is 0.722. The van der Waals surface area contributed by atoms with Crippen LogP contribution in [0.25, 0.3) is 0 Å². The topological polar surface area (TPSA) is 16.1 Å². The molecule has 0 atom stereocenters. The predicted molar refractivity (Wildman–Crippen MR) is 72.1 cm³/mol. The lowest BCUT2D eigenvalue weighted by molar-refractivity contribution is 0.734. The zero-order valence-electron chi connectivity index (χ0n) is 9.43. The third-order valence-electron chi connectivity index (χ3n) is 2.15. The van der Waals surface area contributed by atoms with E-state index in [0.29, 0.717) is 15.2 Å². The van der Waals surface area contributed by atoms with Crippen molar-refractivity contribution in [3.8, 4) is 0 Å². The van der Waals surface area contributed by atoms with Crippen molar-refractivity contribution >= 4 is 40.6 Å². The first-order valence-electron chi connectivity index (χ1n) is 5.36. The smallest absolute Gasteiger partial charge is 0.150 e. The van der Waals surface area contributed by atoms with Gasteiger partial charge in [-0.15, -0.1) is 0 Å². The summed E-state index contributed by atoms with van der Waals surface area (Å²) >= 11 is 17.9. The van der Waals surface area contributed by atoms with Gasteiger partial charge in [-0.05, 0) is 18.9 Å². The van der Waals surface area contributed by atoms with Gasteiger partial charge in [0.1, 0.15) is 11.0 Å². The maximum Gasteiger partial charge on any atom is 0.150 e. The highest BCUT2D eigenvalue weighted by Gasteiger charge is 2.13. The Hall–Kier alpha value is -0.180. The van der Waals surface area contributed by atoms with E-state index < -0.39 is 0 Å². The van der Waals surface area contributed by atoms with Crippen LogP contribution in [0.3, 0.4) is 0 Å². The van der Waals surface area contributed by atoms with Crippen molar-refractivity contribution in [2.45, 2.75) is 26.7 Å². The second kappa shape index (κ2) is 6.53. The maximum atomic E-state index is 6.12. The summed E-state index contributed by atoms with van der Waals surface area (Å²) < 4.78 is 0. The van der Waals surface area contributed by atoms with E-state index in [2.05, 4.69) is 23.7 Å². The summed E-state index contributed by atoms with van der Waals surface area (Å²) in [5, 5.41) is 1.25. The van der Waals surface area contributed by atoms with Crippen LogP contribution in [0.15, 0.2) is 6.07 Å². The molecule has 0 aliphatic heterocycles. The van der Waals surface area contributed by atoms with E-state index in [0.717, 1.165) is 31.7 Å². The Kier molecular flexibility index (Phi) is 5.67. The van der Waals surface area contributed by atoms with Crippen LogP contribution in [-0.2, 0) is 0 Å². The van der Waals surface area contributed by atoms with E-state index in [4.69, 9.17) is 34.8 Å². The first-order valence-corrected chi connectivity index (χ1v) is 6.50. The van der Waals surface area contributed by atoms with Gasteiger partial charge >= 0.3 is 0 Å². The highest BCUT2D eigenvalue weighted by Crippen LogP contribution is 2.31. The lowest BCUT2D eigenvalue weighted by Crippen LogP contribution is -2.26. The van der Waals surface area contributed by atoms with Crippen molar-refractivity contribution in [3.63, 3.8) is 0 Å². The minimum Gasteiger partial charge on any atom is -0.355 e. The molecule has 1 rings (SSSR count). The minimum atomic E-state index is 0.304. The van der Waals surface area contributed by atoms with Gasteiger partial charge in [-0.2, -0.15) is 0 Å². The van der Waals surface area contributed by atoms with Crippen LogP contribution in [0.2, 0.25) is 15.2 Å². The largest absolute Gasteiger partial charge is 0.355 e. The van der Waals surface area contributed by atoms with Crippen LogP contribution < -0.4 is 4.90 Å². The van der Waals surface area contributed by atoms with Crippen molar-refractivity contribution in [1.82, 2.24) is 4.98 Å². The number of rotatable bonds is 5. The molecule has 5 heteroatoms. The number of pyridine rings is 1. The molecule has 0 aliphatic rings. The fourth-order valence-corrected chi connectivity index (χ4v) is 2.13. The highest BCUT2D eigenvalue weighted by atomic mass is 35.5. The van der Waals surface area contributed by atoms with Crippen molar-refractivity contribution in [2.75, 3.05) is 18.0 Å². The Balaban J connectivity index is 3.03. The lowest BCUT2D eigenvalue weighted by Gasteiger charge is -2.23. The molecule has 1 aromatic heterocycles. The standard InChI is InChI=1S/C11H15Cl3N2/c1-3-5-16(6-4-2)11-9(13)7-8(12)10(14)15-11/h7H,3-6H2,1-2H3.